The van der Waals surface area contributed by atoms with Gasteiger partial charge in [-0.1, -0.05) is 48.5 Å². The second kappa shape index (κ2) is 7.11. The molecule has 0 spiro atoms. The van der Waals surface area contributed by atoms with E-state index in [1.165, 1.54) is 0 Å². The van der Waals surface area contributed by atoms with Gasteiger partial charge in [-0.3, -0.25) is 4.79 Å². The van der Waals surface area contributed by atoms with Gasteiger partial charge in [0, 0.05) is 5.56 Å². The van der Waals surface area contributed by atoms with Gasteiger partial charge in [-0.15, -0.1) is 0 Å². The number of fused-ring (bicyclic) bond motifs is 1. The Morgan fingerprint density at radius 2 is 1.65 bits per heavy atom. The van der Waals surface area contributed by atoms with Gasteiger partial charge in [0.25, 0.3) is 6.02 Å². The lowest BCUT2D eigenvalue weighted by Crippen LogP contribution is -2.23. The van der Waals surface area contributed by atoms with Crippen molar-refractivity contribution in [1.82, 2.24) is 0 Å². The van der Waals surface area contributed by atoms with Gasteiger partial charge in [0.2, 0.25) is 0 Å². The van der Waals surface area contributed by atoms with E-state index in [0.29, 0.717) is 17.1 Å². The molecule has 1 aliphatic rings. The molecule has 5 nitrogen and oxygen atoms in total. The number of nitrogens with zero attached hydrogens (tertiary/aromatic N) is 1. The van der Waals surface area contributed by atoms with Crippen molar-refractivity contribution < 1.29 is 14.3 Å². The number of hydrogen-bond donors (Lipinski definition) is 1. The van der Waals surface area contributed by atoms with E-state index in [9.17, 15) is 4.79 Å². The molecule has 128 valence electrons. The number of aldehydes is 1. The van der Waals surface area contributed by atoms with Crippen molar-refractivity contribution in [2.24, 2.45) is 4.99 Å². The number of para-hydroxylation sites is 4. The lowest BCUT2D eigenvalue weighted by Gasteiger charge is -2.23. The first-order valence-corrected chi connectivity index (χ1v) is 8.22. The molecule has 3 aromatic rings. The molecule has 4 rings (SSSR count). The number of nitrogens with one attached hydrogen (secondary N) is 1. The average molecular weight is 344 g/mol. The summed E-state index contributed by atoms with van der Waals surface area (Å²) in [5, 5.41) is 3.12. The molecule has 0 radical (unpaired) electrons. The lowest BCUT2D eigenvalue weighted by atomic mass is 10.1. The van der Waals surface area contributed by atoms with Crippen molar-refractivity contribution in [1.29, 1.82) is 0 Å². The fourth-order valence-corrected chi connectivity index (χ4v) is 2.70. The van der Waals surface area contributed by atoms with E-state index in [4.69, 9.17) is 9.47 Å². The third-order valence-electron chi connectivity index (χ3n) is 3.93. The van der Waals surface area contributed by atoms with Crippen LogP contribution in [0, 0.1) is 0 Å². The summed E-state index contributed by atoms with van der Waals surface area (Å²) in [7, 11) is 0. The number of amidine groups is 1. The number of aliphatic imine (C=N–C) groups is 1. The Morgan fingerprint density at radius 3 is 2.50 bits per heavy atom. The average Bonchev–Trinajstić information content (AvgIpc) is 2.69. The predicted molar refractivity (Wildman–Crippen MR) is 100 cm³/mol. The van der Waals surface area contributed by atoms with Crippen LogP contribution in [-0.2, 0) is 9.53 Å². The lowest BCUT2D eigenvalue weighted by molar-refractivity contribution is -0.114. The van der Waals surface area contributed by atoms with Gasteiger partial charge in [0.15, 0.2) is 18.1 Å². The summed E-state index contributed by atoms with van der Waals surface area (Å²) in [4.78, 5) is 15.9. The largest absolute Gasteiger partial charge is 0.455 e. The number of benzene rings is 3. The van der Waals surface area contributed by atoms with Crippen LogP contribution >= 0.6 is 0 Å². The first-order valence-electron chi connectivity index (χ1n) is 8.22. The van der Waals surface area contributed by atoms with E-state index < -0.39 is 6.10 Å². The Hall–Kier alpha value is -3.60. The van der Waals surface area contributed by atoms with E-state index in [2.05, 4.69) is 10.3 Å². The highest BCUT2D eigenvalue weighted by Crippen LogP contribution is 2.34. The van der Waals surface area contributed by atoms with Crippen molar-refractivity contribution in [3.63, 3.8) is 0 Å². The maximum Gasteiger partial charge on any atom is 0.295 e. The number of rotatable bonds is 4. The van der Waals surface area contributed by atoms with Crippen LogP contribution < -0.4 is 10.1 Å². The summed E-state index contributed by atoms with van der Waals surface area (Å²) in [6.07, 6.45) is 0.0788. The molecule has 0 fully saturated rings. The third-order valence-corrected chi connectivity index (χ3v) is 3.93. The molecule has 0 aliphatic carbocycles. The predicted octanol–water partition coefficient (Wildman–Crippen LogP) is 4.85. The van der Waals surface area contributed by atoms with Crippen LogP contribution in [0.15, 0.2) is 83.9 Å². The number of ether oxygens (including phenoxy) is 2. The zero-order chi connectivity index (χ0) is 17.8. The van der Waals surface area contributed by atoms with E-state index in [1.54, 1.807) is 0 Å². The van der Waals surface area contributed by atoms with E-state index in [0.717, 1.165) is 17.6 Å². The summed E-state index contributed by atoms with van der Waals surface area (Å²) in [6, 6.07) is 24.7. The van der Waals surface area contributed by atoms with E-state index >= 15 is 0 Å². The smallest absolute Gasteiger partial charge is 0.295 e. The molecule has 1 atom stereocenters. The second-order valence-corrected chi connectivity index (χ2v) is 5.69. The van der Waals surface area contributed by atoms with Crippen molar-refractivity contribution in [3.8, 4) is 11.5 Å². The number of carbonyl (C=O) groups is 1. The molecule has 1 N–H and O–H groups in total. The van der Waals surface area contributed by atoms with Crippen molar-refractivity contribution in [3.05, 3.63) is 84.4 Å². The Bertz CT molecular complexity index is 954. The monoisotopic (exact) mass is 344 g/mol. The van der Waals surface area contributed by atoms with Gasteiger partial charge in [-0.2, -0.15) is 4.99 Å². The summed E-state index contributed by atoms with van der Waals surface area (Å²) >= 11 is 0. The topological polar surface area (TPSA) is 59.9 Å². The SMILES string of the molecule is O=CC1OC(Nc2ccccc2Oc2ccccc2)=Nc2ccccc21. The second-order valence-electron chi connectivity index (χ2n) is 5.69. The zero-order valence-electron chi connectivity index (χ0n) is 13.8. The van der Waals surface area contributed by atoms with Crippen molar-refractivity contribution in [2.45, 2.75) is 6.10 Å². The maximum atomic E-state index is 11.4. The molecule has 0 aromatic heterocycles. The van der Waals surface area contributed by atoms with Crippen LogP contribution in [0.1, 0.15) is 11.7 Å². The maximum absolute atomic E-state index is 11.4. The zero-order valence-corrected chi connectivity index (χ0v) is 13.8. The quantitative estimate of drug-likeness (QED) is 0.688. The van der Waals surface area contributed by atoms with Crippen LogP contribution in [0.5, 0.6) is 11.5 Å². The van der Waals surface area contributed by atoms with E-state index in [-0.39, 0.29) is 6.02 Å². The molecule has 0 amide bonds. The third kappa shape index (κ3) is 3.28. The van der Waals surface area contributed by atoms with Crippen LogP contribution in [-0.4, -0.2) is 12.3 Å². The summed E-state index contributed by atoms with van der Waals surface area (Å²) in [5.74, 6) is 1.36. The van der Waals surface area contributed by atoms with Gasteiger partial charge in [-0.05, 0) is 30.3 Å². The molecular formula is C21H16N2O3. The molecular weight excluding hydrogens is 328 g/mol. The summed E-state index contributed by atoms with van der Waals surface area (Å²) < 4.78 is 11.6. The number of carbonyl (C=O) groups excluding carboxylic acids is 1. The van der Waals surface area contributed by atoms with E-state index in [1.807, 2.05) is 78.9 Å². The van der Waals surface area contributed by atoms with Gasteiger partial charge < -0.3 is 14.8 Å². The highest BCUT2D eigenvalue weighted by atomic mass is 16.5. The molecule has 1 unspecified atom stereocenters. The number of anilines is 1. The van der Waals surface area contributed by atoms with Gasteiger partial charge in [0.1, 0.15) is 5.75 Å². The minimum atomic E-state index is -0.687. The Kier molecular flexibility index (Phi) is 4.35. The van der Waals surface area contributed by atoms with Gasteiger partial charge >= 0.3 is 0 Å². The van der Waals surface area contributed by atoms with Crippen LogP contribution in [0.4, 0.5) is 11.4 Å². The molecule has 0 bridgehead atoms. The van der Waals surface area contributed by atoms with Crippen LogP contribution in [0.3, 0.4) is 0 Å². The fourth-order valence-electron chi connectivity index (χ4n) is 2.70. The van der Waals surface area contributed by atoms with Crippen molar-refractivity contribution >= 4 is 23.7 Å². The molecule has 5 heteroatoms. The minimum Gasteiger partial charge on any atom is -0.455 e. The first-order chi connectivity index (χ1) is 12.8. The summed E-state index contributed by atoms with van der Waals surface area (Å²) in [5.41, 5.74) is 2.15. The standard InChI is InChI=1S/C21H16N2O3/c24-14-20-16-10-4-5-11-17(16)22-21(26-20)23-18-12-6-7-13-19(18)25-15-8-2-1-3-9-15/h1-14,20H,(H,22,23). The Balaban J connectivity index is 1.62. The Morgan fingerprint density at radius 1 is 0.923 bits per heavy atom. The summed E-state index contributed by atoms with van der Waals surface area (Å²) in [6.45, 7) is 0. The van der Waals surface area contributed by atoms with Gasteiger partial charge in [0.05, 0.1) is 11.4 Å². The van der Waals surface area contributed by atoms with Gasteiger partial charge in [-0.25, -0.2) is 0 Å². The van der Waals surface area contributed by atoms with Crippen LogP contribution in [0.25, 0.3) is 0 Å². The minimum absolute atomic E-state index is 0.255. The first kappa shape index (κ1) is 15.9. The fraction of sp³-hybridized carbons (Fsp3) is 0.0476. The highest BCUT2D eigenvalue weighted by molar-refractivity contribution is 5.95. The Labute approximate surface area is 150 Å². The van der Waals surface area contributed by atoms with Crippen molar-refractivity contribution in [2.75, 3.05) is 5.32 Å². The molecule has 1 heterocycles. The highest BCUT2D eigenvalue weighted by Gasteiger charge is 2.23. The molecule has 0 saturated carbocycles. The molecule has 0 saturated heterocycles. The molecule has 3 aromatic carbocycles. The van der Waals surface area contributed by atoms with Crippen LogP contribution in [0.2, 0.25) is 0 Å². The molecule has 1 aliphatic heterocycles. The normalized spacial score (nSPS) is 15.2. The molecule has 26 heavy (non-hydrogen) atoms. The number of hydrogen-bond acceptors (Lipinski definition) is 5.